The maximum Gasteiger partial charge on any atom is 0.260 e. The summed E-state index contributed by atoms with van der Waals surface area (Å²) in [5.41, 5.74) is 1.29. The second-order valence-corrected chi connectivity index (χ2v) is 7.86. The molecule has 1 fully saturated rings. The Balaban J connectivity index is 1.83. The maximum absolute atomic E-state index is 13.2. The van der Waals surface area contributed by atoms with Gasteiger partial charge in [-0.15, -0.1) is 0 Å². The van der Waals surface area contributed by atoms with Crippen LogP contribution in [0.5, 0.6) is 5.75 Å². The van der Waals surface area contributed by atoms with Crippen molar-refractivity contribution in [2.45, 2.75) is 19.8 Å². The lowest BCUT2D eigenvalue weighted by Gasteiger charge is -2.17. The molecule has 5 nitrogen and oxygen atoms in total. The van der Waals surface area contributed by atoms with Crippen LogP contribution in [0.1, 0.15) is 18.4 Å². The number of hydrogen-bond donors (Lipinski definition) is 0. The number of hydrogen-bond acceptors (Lipinski definition) is 4. The average Bonchev–Trinajstić information content (AvgIpc) is 3.24. The van der Waals surface area contributed by atoms with Crippen molar-refractivity contribution in [2.75, 3.05) is 19.7 Å². The number of ether oxygens (including phenoxy) is 1. The number of halogens is 2. The summed E-state index contributed by atoms with van der Waals surface area (Å²) in [6.07, 6.45) is 1.96. The SMILES string of the molecule is Cc1cc2oc(-c3ccccc3Cl)c(OCC(=O)N3CCCC3)c(=O)c2cc1Cl. The van der Waals surface area contributed by atoms with Crippen molar-refractivity contribution in [2.24, 2.45) is 0 Å². The molecule has 0 radical (unpaired) electrons. The Morgan fingerprint density at radius 3 is 2.59 bits per heavy atom. The summed E-state index contributed by atoms with van der Waals surface area (Å²) < 4.78 is 11.8. The first-order valence-electron chi connectivity index (χ1n) is 9.38. The summed E-state index contributed by atoms with van der Waals surface area (Å²) >= 11 is 12.5. The molecular weight excluding hydrogens is 413 g/mol. The molecule has 1 saturated heterocycles. The zero-order chi connectivity index (χ0) is 20.5. The van der Waals surface area contributed by atoms with E-state index < -0.39 is 5.43 Å². The third-order valence-electron chi connectivity index (χ3n) is 5.05. The number of fused-ring (bicyclic) bond motifs is 1. The third kappa shape index (κ3) is 3.85. The van der Waals surface area contributed by atoms with Crippen LogP contribution in [0, 0.1) is 6.92 Å². The molecular formula is C22H19Cl2NO4. The van der Waals surface area contributed by atoms with Crippen LogP contribution in [0.4, 0.5) is 0 Å². The number of nitrogens with zero attached hydrogens (tertiary/aromatic N) is 1. The molecule has 1 amide bonds. The molecule has 29 heavy (non-hydrogen) atoms. The van der Waals surface area contributed by atoms with Crippen LogP contribution in [-0.4, -0.2) is 30.5 Å². The number of carbonyl (C=O) groups is 1. The van der Waals surface area contributed by atoms with Crippen LogP contribution < -0.4 is 10.2 Å². The first-order chi connectivity index (χ1) is 14.0. The molecule has 7 heteroatoms. The van der Waals surface area contributed by atoms with Gasteiger partial charge in [0, 0.05) is 23.7 Å². The molecule has 0 bridgehead atoms. The fourth-order valence-corrected chi connectivity index (χ4v) is 3.83. The Hall–Kier alpha value is -2.50. The molecule has 0 aliphatic carbocycles. The van der Waals surface area contributed by atoms with Gasteiger partial charge in [-0.25, -0.2) is 0 Å². The molecule has 1 aliphatic rings. The predicted octanol–water partition coefficient (Wildman–Crippen LogP) is 5.08. The van der Waals surface area contributed by atoms with Gasteiger partial charge in [0.2, 0.25) is 11.2 Å². The van der Waals surface area contributed by atoms with Crippen molar-refractivity contribution in [3.05, 3.63) is 62.2 Å². The Morgan fingerprint density at radius 1 is 1.14 bits per heavy atom. The standard InChI is InChI=1S/C22H19Cl2NO4/c1-13-10-18-15(11-17(13)24)20(27)22(28-12-19(26)25-8-4-5-9-25)21(29-18)14-6-2-3-7-16(14)23/h2-3,6-7,10-11H,4-5,8-9,12H2,1H3. The Kier molecular flexibility index (Phi) is 5.52. The van der Waals surface area contributed by atoms with E-state index in [1.165, 1.54) is 0 Å². The highest BCUT2D eigenvalue weighted by Gasteiger charge is 2.23. The average molecular weight is 432 g/mol. The first-order valence-corrected chi connectivity index (χ1v) is 10.1. The summed E-state index contributed by atoms with van der Waals surface area (Å²) in [5.74, 6) is -0.00356. The van der Waals surface area contributed by atoms with E-state index in [4.69, 9.17) is 32.4 Å². The summed E-state index contributed by atoms with van der Waals surface area (Å²) in [4.78, 5) is 27.4. The smallest absolute Gasteiger partial charge is 0.260 e. The number of likely N-dealkylation sites (tertiary alicyclic amines) is 1. The number of amides is 1. The van der Waals surface area contributed by atoms with Crippen molar-refractivity contribution in [3.8, 4) is 17.1 Å². The van der Waals surface area contributed by atoms with E-state index in [0.29, 0.717) is 39.7 Å². The van der Waals surface area contributed by atoms with E-state index in [2.05, 4.69) is 0 Å². The van der Waals surface area contributed by atoms with Gasteiger partial charge in [0.25, 0.3) is 5.91 Å². The van der Waals surface area contributed by atoms with Crippen LogP contribution in [0.2, 0.25) is 10.0 Å². The monoisotopic (exact) mass is 431 g/mol. The number of aryl methyl sites for hydroxylation is 1. The van der Waals surface area contributed by atoms with Gasteiger partial charge in [-0.1, -0.05) is 35.3 Å². The second kappa shape index (κ2) is 8.09. The summed E-state index contributed by atoms with van der Waals surface area (Å²) in [7, 11) is 0. The van der Waals surface area contributed by atoms with Gasteiger partial charge >= 0.3 is 0 Å². The highest BCUT2D eigenvalue weighted by atomic mass is 35.5. The highest BCUT2D eigenvalue weighted by molar-refractivity contribution is 6.33. The summed E-state index contributed by atoms with van der Waals surface area (Å²) in [6, 6.07) is 10.3. The largest absolute Gasteiger partial charge is 0.476 e. The summed E-state index contributed by atoms with van der Waals surface area (Å²) in [6.45, 7) is 3.00. The van der Waals surface area contributed by atoms with E-state index in [9.17, 15) is 9.59 Å². The van der Waals surface area contributed by atoms with E-state index in [1.807, 2.05) is 6.92 Å². The zero-order valence-electron chi connectivity index (χ0n) is 15.8. The van der Waals surface area contributed by atoms with E-state index >= 15 is 0 Å². The van der Waals surface area contributed by atoms with Crippen LogP contribution in [0.3, 0.4) is 0 Å². The van der Waals surface area contributed by atoms with Crippen molar-refractivity contribution in [3.63, 3.8) is 0 Å². The molecule has 0 N–H and O–H groups in total. The van der Waals surface area contributed by atoms with Gasteiger partial charge in [-0.2, -0.15) is 0 Å². The van der Waals surface area contributed by atoms with E-state index in [-0.39, 0.29) is 24.0 Å². The van der Waals surface area contributed by atoms with Crippen LogP contribution in [-0.2, 0) is 4.79 Å². The van der Waals surface area contributed by atoms with E-state index in [1.54, 1.807) is 41.3 Å². The second-order valence-electron chi connectivity index (χ2n) is 7.04. The molecule has 2 heterocycles. The van der Waals surface area contributed by atoms with Crippen molar-refractivity contribution in [1.29, 1.82) is 0 Å². The molecule has 0 spiro atoms. The Morgan fingerprint density at radius 2 is 1.86 bits per heavy atom. The van der Waals surface area contributed by atoms with Gasteiger partial charge in [0.1, 0.15) is 5.58 Å². The van der Waals surface area contributed by atoms with Crippen LogP contribution >= 0.6 is 23.2 Å². The lowest BCUT2D eigenvalue weighted by atomic mass is 10.1. The predicted molar refractivity (Wildman–Crippen MR) is 114 cm³/mol. The van der Waals surface area contributed by atoms with Gasteiger partial charge in [-0.05, 0) is 49.6 Å². The minimum atomic E-state index is -0.391. The van der Waals surface area contributed by atoms with Crippen LogP contribution in [0.25, 0.3) is 22.3 Å². The third-order valence-corrected chi connectivity index (χ3v) is 5.78. The van der Waals surface area contributed by atoms with Crippen molar-refractivity contribution < 1.29 is 13.9 Å². The molecule has 0 unspecified atom stereocenters. The van der Waals surface area contributed by atoms with Crippen LogP contribution in [0.15, 0.2) is 45.6 Å². The molecule has 1 aromatic heterocycles. The molecule has 2 aromatic carbocycles. The number of carbonyl (C=O) groups excluding carboxylic acids is 1. The fourth-order valence-electron chi connectivity index (χ4n) is 3.44. The zero-order valence-corrected chi connectivity index (χ0v) is 17.3. The number of benzene rings is 2. The quantitative estimate of drug-likeness (QED) is 0.577. The minimum Gasteiger partial charge on any atom is -0.476 e. The molecule has 3 aromatic rings. The molecule has 4 rings (SSSR count). The van der Waals surface area contributed by atoms with Crippen molar-refractivity contribution in [1.82, 2.24) is 4.90 Å². The molecule has 150 valence electrons. The van der Waals surface area contributed by atoms with Gasteiger partial charge < -0.3 is 14.1 Å². The van der Waals surface area contributed by atoms with E-state index in [0.717, 1.165) is 18.4 Å². The first kappa shape index (κ1) is 19.8. The van der Waals surface area contributed by atoms with Gasteiger partial charge in [-0.3, -0.25) is 9.59 Å². The van der Waals surface area contributed by atoms with Gasteiger partial charge in [0.05, 0.1) is 10.4 Å². The minimum absolute atomic E-state index is 0.0435. The molecule has 0 atom stereocenters. The lowest BCUT2D eigenvalue weighted by molar-refractivity contribution is -0.132. The highest BCUT2D eigenvalue weighted by Crippen LogP contribution is 2.36. The molecule has 1 aliphatic heterocycles. The Bertz CT molecular complexity index is 1150. The van der Waals surface area contributed by atoms with Crippen molar-refractivity contribution >= 4 is 40.1 Å². The Labute approximate surface area is 177 Å². The lowest BCUT2D eigenvalue weighted by Crippen LogP contribution is -2.32. The topological polar surface area (TPSA) is 59.8 Å². The normalized spacial score (nSPS) is 13.8. The number of rotatable bonds is 4. The molecule has 0 saturated carbocycles. The summed E-state index contributed by atoms with van der Waals surface area (Å²) in [5, 5.41) is 1.16. The maximum atomic E-state index is 13.2. The fraction of sp³-hybridized carbons (Fsp3) is 0.273. The van der Waals surface area contributed by atoms with Gasteiger partial charge in [0.15, 0.2) is 12.4 Å².